The van der Waals surface area contributed by atoms with Gasteiger partial charge < -0.3 is 5.73 Å². The lowest BCUT2D eigenvalue weighted by molar-refractivity contribution is 0.103. The van der Waals surface area contributed by atoms with E-state index in [1.807, 2.05) is 6.92 Å². The van der Waals surface area contributed by atoms with Gasteiger partial charge in [-0.05, 0) is 12.5 Å². The summed E-state index contributed by atoms with van der Waals surface area (Å²) in [6, 6.07) is 0. The molecule has 15 heavy (non-hydrogen) atoms. The number of hydrogen-bond acceptors (Lipinski definition) is 4. The minimum absolute atomic E-state index is 0.168. The van der Waals surface area contributed by atoms with Crippen LogP contribution in [0, 0.1) is 6.92 Å². The lowest BCUT2D eigenvalue weighted by Gasteiger charge is -2.01. The number of nitrogen functional groups attached to an aromatic ring is 1. The maximum absolute atomic E-state index is 12.0. The summed E-state index contributed by atoms with van der Waals surface area (Å²) in [6.07, 6.45) is 3.06. The molecular formula is C9H11N5O. The second-order valence-corrected chi connectivity index (χ2v) is 3.33. The highest BCUT2D eigenvalue weighted by molar-refractivity contribution is 6.11. The van der Waals surface area contributed by atoms with Crippen LogP contribution in [0.2, 0.25) is 0 Å². The number of anilines is 1. The van der Waals surface area contributed by atoms with Crippen molar-refractivity contribution in [2.45, 2.75) is 6.92 Å². The van der Waals surface area contributed by atoms with Crippen molar-refractivity contribution in [2.24, 2.45) is 7.05 Å². The second-order valence-electron chi connectivity index (χ2n) is 3.33. The van der Waals surface area contributed by atoms with Gasteiger partial charge in [-0.2, -0.15) is 10.2 Å². The van der Waals surface area contributed by atoms with Crippen LogP contribution in [-0.2, 0) is 7.05 Å². The zero-order valence-corrected chi connectivity index (χ0v) is 8.48. The molecule has 2 aromatic heterocycles. The van der Waals surface area contributed by atoms with Gasteiger partial charge in [0, 0.05) is 7.05 Å². The van der Waals surface area contributed by atoms with Crippen LogP contribution in [-0.4, -0.2) is 25.8 Å². The molecule has 2 aromatic rings. The average molecular weight is 205 g/mol. The molecule has 2 rings (SSSR count). The lowest BCUT2D eigenvalue weighted by atomic mass is 10.1. The number of nitrogens with zero attached hydrogens (tertiary/aromatic N) is 3. The molecule has 6 heteroatoms. The van der Waals surface area contributed by atoms with E-state index in [2.05, 4.69) is 15.3 Å². The number of nitrogens with two attached hydrogens (primary N) is 1. The van der Waals surface area contributed by atoms with E-state index in [0.29, 0.717) is 11.3 Å². The number of carbonyl (C=O) groups excluding carboxylic acids is 1. The first kappa shape index (κ1) is 9.45. The maximum atomic E-state index is 12.0. The summed E-state index contributed by atoms with van der Waals surface area (Å²) in [4.78, 5) is 12.0. The number of aromatic amines is 1. The van der Waals surface area contributed by atoms with Crippen LogP contribution < -0.4 is 5.73 Å². The number of hydrogen-bond donors (Lipinski definition) is 2. The third kappa shape index (κ3) is 1.39. The van der Waals surface area contributed by atoms with Crippen molar-refractivity contribution in [3.05, 3.63) is 29.2 Å². The Hall–Kier alpha value is -2.11. The van der Waals surface area contributed by atoms with Crippen LogP contribution in [0.1, 0.15) is 21.6 Å². The summed E-state index contributed by atoms with van der Waals surface area (Å²) in [7, 11) is 1.72. The van der Waals surface area contributed by atoms with Gasteiger partial charge in [-0.1, -0.05) is 0 Å². The Bertz CT molecular complexity index is 491. The van der Waals surface area contributed by atoms with E-state index < -0.39 is 0 Å². The molecule has 2 heterocycles. The zero-order valence-electron chi connectivity index (χ0n) is 8.48. The molecule has 0 aromatic carbocycles. The average Bonchev–Trinajstić information content (AvgIpc) is 2.73. The van der Waals surface area contributed by atoms with Crippen LogP contribution in [0.3, 0.4) is 0 Å². The first-order chi connectivity index (χ1) is 7.11. The standard InChI is InChI=1S/C9H11N5O/c1-5-3-12-14(2)7(5)8(15)6-4-11-13-9(6)10/h3-4H,1-2H3,(H3,10,11,13). The summed E-state index contributed by atoms with van der Waals surface area (Å²) in [6.45, 7) is 1.83. The summed E-state index contributed by atoms with van der Waals surface area (Å²) in [5.74, 6) is 0.111. The second kappa shape index (κ2) is 3.23. The van der Waals surface area contributed by atoms with Crippen LogP contribution >= 0.6 is 0 Å². The van der Waals surface area contributed by atoms with Crippen LogP contribution in [0.25, 0.3) is 0 Å². The first-order valence-electron chi connectivity index (χ1n) is 4.43. The number of rotatable bonds is 2. The predicted octanol–water partition coefficient (Wildman–Crippen LogP) is 0.265. The summed E-state index contributed by atoms with van der Waals surface area (Å²) >= 11 is 0. The first-order valence-corrected chi connectivity index (χ1v) is 4.43. The molecule has 0 atom stereocenters. The lowest BCUT2D eigenvalue weighted by Crippen LogP contribution is -2.10. The molecule has 0 bridgehead atoms. The smallest absolute Gasteiger partial charge is 0.216 e. The number of ketones is 1. The van der Waals surface area contributed by atoms with Gasteiger partial charge in [0.15, 0.2) is 0 Å². The highest BCUT2D eigenvalue weighted by Gasteiger charge is 2.19. The van der Waals surface area contributed by atoms with Gasteiger partial charge in [0.1, 0.15) is 11.5 Å². The third-order valence-electron chi connectivity index (χ3n) is 2.25. The highest BCUT2D eigenvalue weighted by atomic mass is 16.1. The minimum Gasteiger partial charge on any atom is -0.383 e. The van der Waals surface area contributed by atoms with Gasteiger partial charge in [0.25, 0.3) is 0 Å². The SMILES string of the molecule is Cc1cnn(C)c1C(=O)c1cn[nH]c1N. The van der Waals surface area contributed by atoms with Crippen LogP contribution in [0.4, 0.5) is 5.82 Å². The van der Waals surface area contributed by atoms with Crippen molar-refractivity contribution in [1.82, 2.24) is 20.0 Å². The van der Waals surface area contributed by atoms with Crippen LogP contribution in [0.5, 0.6) is 0 Å². The molecule has 0 saturated carbocycles. The van der Waals surface area contributed by atoms with E-state index >= 15 is 0 Å². The molecule has 0 aliphatic heterocycles. The molecule has 0 unspecified atom stereocenters. The van der Waals surface area contributed by atoms with Crippen molar-refractivity contribution >= 4 is 11.6 Å². The summed E-state index contributed by atoms with van der Waals surface area (Å²) in [5, 5.41) is 10.2. The zero-order chi connectivity index (χ0) is 11.0. The Labute approximate surface area is 86.1 Å². The Morgan fingerprint density at radius 3 is 2.73 bits per heavy atom. The fourth-order valence-electron chi connectivity index (χ4n) is 1.48. The molecule has 0 saturated heterocycles. The number of aromatic nitrogens is 4. The molecule has 0 radical (unpaired) electrons. The van der Waals surface area contributed by atoms with E-state index in [4.69, 9.17) is 5.73 Å². The van der Waals surface area contributed by atoms with Crippen molar-refractivity contribution in [3.63, 3.8) is 0 Å². The van der Waals surface area contributed by atoms with E-state index in [9.17, 15) is 4.79 Å². The van der Waals surface area contributed by atoms with Gasteiger partial charge in [0.2, 0.25) is 5.78 Å². The minimum atomic E-state index is -0.168. The predicted molar refractivity (Wildman–Crippen MR) is 54.4 cm³/mol. The molecule has 78 valence electrons. The highest BCUT2D eigenvalue weighted by Crippen LogP contribution is 2.15. The normalized spacial score (nSPS) is 10.5. The fourth-order valence-corrected chi connectivity index (χ4v) is 1.48. The number of carbonyl (C=O) groups is 1. The molecule has 0 spiro atoms. The van der Waals surface area contributed by atoms with Crippen molar-refractivity contribution in [3.8, 4) is 0 Å². The van der Waals surface area contributed by atoms with Gasteiger partial charge in [0.05, 0.1) is 18.0 Å². The quantitative estimate of drug-likeness (QED) is 0.688. The molecular weight excluding hydrogens is 194 g/mol. The Balaban J connectivity index is 2.50. The molecule has 3 N–H and O–H groups in total. The molecule has 0 fully saturated rings. The Kier molecular flexibility index (Phi) is 2.03. The van der Waals surface area contributed by atoms with Gasteiger partial charge >= 0.3 is 0 Å². The molecule has 0 aliphatic rings. The number of nitrogens with one attached hydrogen (secondary N) is 1. The fraction of sp³-hybridized carbons (Fsp3) is 0.222. The Morgan fingerprint density at radius 2 is 2.27 bits per heavy atom. The maximum Gasteiger partial charge on any atom is 0.216 e. The molecule has 6 nitrogen and oxygen atoms in total. The number of H-pyrrole nitrogens is 1. The van der Waals surface area contributed by atoms with E-state index in [-0.39, 0.29) is 11.6 Å². The topological polar surface area (TPSA) is 89.6 Å². The molecule has 0 amide bonds. The van der Waals surface area contributed by atoms with Crippen LogP contribution in [0.15, 0.2) is 12.4 Å². The summed E-state index contributed by atoms with van der Waals surface area (Å²) in [5.41, 5.74) is 7.31. The van der Waals surface area contributed by atoms with Crippen molar-refractivity contribution < 1.29 is 4.79 Å². The number of aryl methyl sites for hydroxylation is 2. The molecule has 0 aliphatic carbocycles. The summed E-state index contributed by atoms with van der Waals surface area (Å²) < 4.78 is 1.53. The monoisotopic (exact) mass is 205 g/mol. The van der Waals surface area contributed by atoms with Gasteiger partial charge in [-0.25, -0.2) is 0 Å². The van der Waals surface area contributed by atoms with Crippen molar-refractivity contribution in [1.29, 1.82) is 0 Å². The van der Waals surface area contributed by atoms with E-state index in [0.717, 1.165) is 5.56 Å². The van der Waals surface area contributed by atoms with E-state index in [1.165, 1.54) is 10.9 Å². The van der Waals surface area contributed by atoms with E-state index in [1.54, 1.807) is 13.2 Å². The van der Waals surface area contributed by atoms with Gasteiger partial charge in [-0.3, -0.25) is 14.6 Å². The third-order valence-corrected chi connectivity index (χ3v) is 2.25. The van der Waals surface area contributed by atoms with Gasteiger partial charge in [-0.15, -0.1) is 0 Å². The Morgan fingerprint density at radius 1 is 1.53 bits per heavy atom. The van der Waals surface area contributed by atoms with Crippen molar-refractivity contribution in [2.75, 3.05) is 5.73 Å². The largest absolute Gasteiger partial charge is 0.383 e.